The predicted octanol–water partition coefficient (Wildman–Crippen LogP) is 2.92. The summed E-state index contributed by atoms with van der Waals surface area (Å²) in [5.41, 5.74) is 3.22. The maximum Gasteiger partial charge on any atom is 0.315 e. The van der Waals surface area contributed by atoms with Crippen molar-refractivity contribution in [1.82, 2.24) is 10.6 Å². The van der Waals surface area contributed by atoms with Gasteiger partial charge >= 0.3 is 6.03 Å². The van der Waals surface area contributed by atoms with E-state index in [-0.39, 0.29) is 18.7 Å². The Bertz CT molecular complexity index is 599. The van der Waals surface area contributed by atoms with Crippen LogP contribution < -0.4 is 10.6 Å². The number of aliphatic hydroxyl groups excluding tert-OH is 1. The minimum absolute atomic E-state index is 0.0255. The first-order chi connectivity index (χ1) is 10.7. The van der Waals surface area contributed by atoms with Gasteiger partial charge in [0.1, 0.15) is 0 Å². The SMILES string of the molecule is Cc1cccc(CNC(=O)N[C@H](CCO)c2ccccc2)c1. The molecule has 1 atom stereocenters. The Morgan fingerprint density at radius 3 is 2.59 bits per heavy atom. The van der Waals surface area contributed by atoms with Crippen LogP contribution in [0.4, 0.5) is 4.79 Å². The van der Waals surface area contributed by atoms with Crippen molar-refractivity contribution in [2.45, 2.75) is 25.9 Å². The summed E-state index contributed by atoms with van der Waals surface area (Å²) in [4.78, 5) is 12.1. The first kappa shape index (κ1) is 16.0. The highest BCUT2D eigenvalue weighted by Gasteiger charge is 2.13. The van der Waals surface area contributed by atoms with Crippen LogP contribution in [0.2, 0.25) is 0 Å². The van der Waals surface area contributed by atoms with Gasteiger partial charge in [-0.05, 0) is 24.5 Å². The first-order valence-corrected chi connectivity index (χ1v) is 7.45. The third-order valence-corrected chi connectivity index (χ3v) is 3.46. The number of benzene rings is 2. The van der Waals surface area contributed by atoms with E-state index in [9.17, 15) is 9.90 Å². The summed E-state index contributed by atoms with van der Waals surface area (Å²) in [5.74, 6) is 0. The Labute approximate surface area is 131 Å². The van der Waals surface area contributed by atoms with E-state index >= 15 is 0 Å². The molecule has 0 fully saturated rings. The highest BCUT2D eigenvalue weighted by atomic mass is 16.3. The molecule has 0 aliphatic rings. The van der Waals surface area contributed by atoms with Crippen LogP contribution in [0.25, 0.3) is 0 Å². The minimum Gasteiger partial charge on any atom is -0.396 e. The molecule has 0 radical (unpaired) electrons. The predicted molar refractivity (Wildman–Crippen MR) is 87.4 cm³/mol. The fourth-order valence-corrected chi connectivity index (χ4v) is 2.35. The molecular weight excluding hydrogens is 276 g/mol. The highest BCUT2D eigenvalue weighted by Crippen LogP contribution is 2.15. The molecule has 0 heterocycles. The van der Waals surface area contributed by atoms with Crippen LogP contribution in [0.3, 0.4) is 0 Å². The molecule has 2 rings (SSSR count). The van der Waals surface area contributed by atoms with E-state index in [0.717, 1.165) is 11.1 Å². The van der Waals surface area contributed by atoms with Crippen LogP contribution in [0.1, 0.15) is 29.2 Å². The number of hydrogen-bond donors (Lipinski definition) is 3. The van der Waals surface area contributed by atoms with E-state index in [2.05, 4.69) is 10.6 Å². The van der Waals surface area contributed by atoms with Crippen molar-refractivity contribution in [2.24, 2.45) is 0 Å². The number of aliphatic hydroxyl groups is 1. The van der Waals surface area contributed by atoms with Crippen LogP contribution in [0.5, 0.6) is 0 Å². The van der Waals surface area contributed by atoms with Gasteiger partial charge in [0.2, 0.25) is 0 Å². The second-order valence-corrected chi connectivity index (χ2v) is 5.29. The second-order valence-electron chi connectivity index (χ2n) is 5.29. The van der Waals surface area contributed by atoms with Gasteiger partial charge in [0.05, 0.1) is 6.04 Å². The highest BCUT2D eigenvalue weighted by molar-refractivity contribution is 5.74. The zero-order valence-electron chi connectivity index (χ0n) is 12.8. The summed E-state index contributed by atoms with van der Waals surface area (Å²) < 4.78 is 0. The van der Waals surface area contributed by atoms with Crippen LogP contribution in [0.15, 0.2) is 54.6 Å². The van der Waals surface area contributed by atoms with Gasteiger partial charge in [0, 0.05) is 13.2 Å². The minimum atomic E-state index is -0.233. The van der Waals surface area contributed by atoms with E-state index in [1.54, 1.807) is 0 Å². The van der Waals surface area contributed by atoms with Crippen molar-refractivity contribution in [3.8, 4) is 0 Å². The molecule has 0 bridgehead atoms. The lowest BCUT2D eigenvalue weighted by Crippen LogP contribution is -2.38. The van der Waals surface area contributed by atoms with Gasteiger partial charge in [0.15, 0.2) is 0 Å². The topological polar surface area (TPSA) is 61.4 Å². The third kappa shape index (κ3) is 4.90. The van der Waals surface area contributed by atoms with Gasteiger partial charge in [-0.2, -0.15) is 0 Å². The Hall–Kier alpha value is -2.33. The third-order valence-electron chi connectivity index (χ3n) is 3.46. The van der Waals surface area contributed by atoms with Crippen LogP contribution in [0, 0.1) is 6.92 Å². The maximum absolute atomic E-state index is 12.1. The quantitative estimate of drug-likeness (QED) is 0.768. The zero-order valence-corrected chi connectivity index (χ0v) is 12.8. The Morgan fingerprint density at radius 1 is 1.14 bits per heavy atom. The zero-order chi connectivity index (χ0) is 15.8. The van der Waals surface area contributed by atoms with Gasteiger partial charge in [-0.3, -0.25) is 0 Å². The number of carbonyl (C=O) groups is 1. The molecule has 22 heavy (non-hydrogen) atoms. The smallest absolute Gasteiger partial charge is 0.315 e. The lowest BCUT2D eigenvalue weighted by atomic mass is 10.0. The maximum atomic E-state index is 12.1. The summed E-state index contributed by atoms with van der Waals surface area (Å²) >= 11 is 0. The molecule has 0 aliphatic heterocycles. The van der Waals surface area contributed by atoms with Gasteiger partial charge in [0.25, 0.3) is 0 Å². The molecular formula is C18H22N2O2. The fourth-order valence-electron chi connectivity index (χ4n) is 2.35. The standard InChI is InChI=1S/C18H22N2O2/c1-14-6-5-7-15(12-14)13-19-18(22)20-17(10-11-21)16-8-3-2-4-9-16/h2-9,12,17,21H,10-11,13H2,1H3,(H2,19,20,22)/t17-/m1/s1. The lowest BCUT2D eigenvalue weighted by Gasteiger charge is -2.18. The van der Waals surface area contributed by atoms with Crippen LogP contribution >= 0.6 is 0 Å². The molecule has 2 aromatic carbocycles. The average Bonchev–Trinajstić information content (AvgIpc) is 2.53. The van der Waals surface area contributed by atoms with Crippen LogP contribution in [-0.2, 0) is 6.54 Å². The van der Waals surface area contributed by atoms with Crippen molar-refractivity contribution in [2.75, 3.05) is 6.61 Å². The molecule has 0 aromatic heterocycles. The monoisotopic (exact) mass is 298 g/mol. The molecule has 2 amide bonds. The number of hydrogen-bond acceptors (Lipinski definition) is 2. The van der Waals surface area contributed by atoms with E-state index in [1.807, 2.05) is 61.5 Å². The second kappa shape index (κ2) is 8.20. The molecule has 0 unspecified atom stereocenters. The summed E-state index contributed by atoms with van der Waals surface area (Å²) in [6.45, 7) is 2.53. The summed E-state index contributed by atoms with van der Waals surface area (Å²) in [5, 5.41) is 14.9. The number of carbonyl (C=O) groups excluding carboxylic acids is 1. The number of rotatable bonds is 6. The van der Waals surface area contributed by atoms with Crippen molar-refractivity contribution >= 4 is 6.03 Å². The molecule has 3 N–H and O–H groups in total. The van der Waals surface area contributed by atoms with Gasteiger partial charge in [-0.25, -0.2) is 4.79 Å². The Balaban J connectivity index is 1.91. The van der Waals surface area contributed by atoms with Gasteiger partial charge < -0.3 is 15.7 Å². The molecule has 2 aromatic rings. The molecule has 0 saturated carbocycles. The summed E-state index contributed by atoms with van der Waals surface area (Å²) in [7, 11) is 0. The van der Waals surface area contributed by atoms with Crippen molar-refractivity contribution in [1.29, 1.82) is 0 Å². The van der Waals surface area contributed by atoms with Crippen molar-refractivity contribution < 1.29 is 9.90 Å². The van der Waals surface area contributed by atoms with E-state index in [4.69, 9.17) is 0 Å². The van der Waals surface area contributed by atoms with Gasteiger partial charge in [-0.15, -0.1) is 0 Å². The summed E-state index contributed by atoms with van der Waals surface area (Å²) in [6, 6.07) is 17.3. The molecule has 4 heteroatoms. The average molecular weight is 298 g/mol. The Morgan fingerprint density at radius 2 is 1.91 bits per heavy atom. The van der Waals surface area contributed by atoms with Crippen molar-refractivity contribution in [3.63, 3.8) is 0 Å². The van der Waals surface area contributed by atoms with E-state index in [1.165, 1.54) is 5.56 Å². The summed E-state index contributed by atoms with van der Waals surface area (Å²) in [6.07, 6.45) is 0.488. The normalized spacial score (nSPS) is 11.7. The number of aryl methyl sites for hydroxylation is 1. The Kier molecular flexibility index (Phi) is 5.98. The molecule has 4 nitrogen and oxygen atoms in total. The number of amides is 2. The van der Waals surface area contributed by atoms with E-state index in [0.29, 0.717) is 13.0 Å². The molecule has 0 aliphatic carbocycles. The first-order valence-electron chi connectivity index (χ1n) is 7.45. The van der Waals surface area contributed by atoms with Crippen LogP contribution in [-0.4, -0.2) is 17.7 Å². The molecule has 0 saturated heterocycles. The number of nitrogens with one attached hydrogen (secondary N) is 2. The molecule has 0 spiro atoms. The van der Waals surface area contributed by atoms with Crippen molar-refractivity contribution in [3.05, 3.63) is 71.3 Å². The largest absolute Gasteiger partial charge is 0.396 e. The number of urea groups is 1. The lowest BCUT2D eigenvalue weighted by molar-refractivity contribution is 0.229. The van der Waals surface area contributed by atoms with Gasteiger partial charge in [-0.1, -0.05) is 60.2 Å². The fraction of sp³-hybridized carbons (Fsp3) is 0.278. The van der Waals surface area contributed by atoms with E-state index < -0.39 is 0 Å². The molecule has 116 valence electrons.